The van der Waals surface area contributed by atoms with Crippen LogP contribution in [-0.4, -0.2) is 54.9 Å². The van der Waals surface area contributed by atoms with Gasteiger partial charge in [0.1, 0.15) is 0 Å². The Morgan fingerprint density at radius 1 is 1.20 bits per heavy atom. The van der Waals surface area contributed by atoms with Crippen molar-refractivity contribution in [1.29, 1.82) is 0 Å². The van der Waals surface area contributed by atoms with Crippen LogP contribution in [0.2, 0.25) is 0 Å². The maximum absolute atomic E-state index is 11.9. The second kappa shape index (κ2) is 9.58. The Balaban J connectivity index is 1.99. The van der Waals surface area contributed by atoms with Crippen LogP contribution in [0.5, 0.6) is 0 Å². The fourth-order valence-corrected chi connectivity index (χ4v) is 2.36. The van der Waals surface area contributed by atoms with Crippen LogP contribution in [0.25, 0.3) is 0 Å². The highest BCUT2D eigenvalue weighted by atomic mass is 16.5. The minimum absolute atomic E-state index is 0.00471. The topological polar surface area (TPSA) is 78.9 Å². The molecule has 2 amide bonds. The van der Waals surface area contributed by atoms with E-state index in [0.717, 1.165) is 45.2 Å². The molecule has 1 aliphatic heterocycles. The monoisotopic (exact) mass is 286 g/mol. The molecule has 0 aliphatic carbocycles. The highest BCUT2D eigenvalue weighted by Crippen LogP contribution is 2.12. The van der Waals surface area contributed by atoms with Gasteiger partial charge in [0, 0.05) is 33.2 Å². The van der Waals surface area contributed by atoms with E-state index in [-0.39, 0.29) is 18.6 Å². The van der Waals surface area contributed by atoms with Crippen LogP contribution in [-0.2, 0) is 9.53 Å². The number of likely N-dealkylation sites (tertiary alicyclic amines) is 1. The number of hydrogen-bond acceptors (Lipinski definition) is 3. The molecular formula is C14H26N2O4. The quantitative estimate of drug-likeness (QED) is 0.667. The number of unbranched alkanes of at least 4 members (excludes halogenated alkanes) is 3. The molecule has 0 saturated carbocycles. The molecule has 0 aromatic carbocycles. The predicted molar refractivity (Wildman–Crippen MR) is 75.7 cm³/mol. The van der Waals surface area contributed by atoms with Gasteiger partial charge in [-0.1, -0.05) is 12.8 Å². The molecule has 0 aromatic heterocycles. The molecule has 1 saturated heterocycles. The molecule has 1 aliphatic rings. The summed E-state index contributed by atoms with van der Waals surface area (Å²) in [7, 11) is 1.71. The zero-order valence-corrected chi connectivity index (χ0v) is 12.3. The normalized spacial score (nSPS) is 16.1. The Morgan fingerprint density at radius 3 is 2.45 bits per heavy atom. The van der Waals surface area contributed by atoms with Gasteiger partial charge in [-0.05, 0) is 25.7 Å². The first kappa shape index (κ1) is 16.8. The van der Waals surface area contributed by atoms with E-state index in [1.54, 1.807) is 7.11 Å². The molecule has 0 spiro atoms. The average Bonchev–Trinajstić information content (AvgIpc) is 2.45. The second-order valence-electron chi connectivity index (χ2n) is 5.21. The number of aliphatic carboxylic acids is 1. The number of hydrogen-bond donors (Lipinski definition) is 2. The van der Waals surface area contributed by atoms with Gasteiger partial charge in [-0.15, -0.1) is 0 Å². The lowest BCUT2D eigenvalue weighted by Crippen LogP contribution is -2.46. The maximum atomic E-state index is 11.9. The van der Waals surface area contributed by atoms with Crippen molar-refractivity contribution >= 4 is 12.0 Å². The van der Waals surface area contributed by atoms with Gasteiger partial charge in [-0.25, -0.2) is 4.79 Å². The summed E-state index contributed by atoms with van der Waals surface area (Å²) in [5, 5.41) is 11.4. The number of carboxylic acid groups (broad SMARTS) is 1. The molecule has 6 heteroatoms. The lowest BCUT2D eigenvalue weighted by molar-refractivity contribution is -0.137. The standard InChI is InChI=1S/C14H26N2O4/c1-20-12-7-10-16(11-8-12)14(19)15-9-5-3-2-4-6-13(17)18/h12H,2-11H2,1H3,(H,15,19)(H,17,18). The third kappa shape index (κ3) is 6.75. The van der Waals surface area contributed by atoms with Crippen molar-refractivity contribution < 1.29 is 19.4 Å². The molecule has 1 rings (SSSR count). The van der Waals surface area contributed by atoms with E-state index in [9.17, 15) is 9.59 Å². The van der Waals surface area contributed by atoms with Gasteiger partial charge < -0.3 is 20.1 Å². The van der Waals surface area contributed by atoms with E-state index >= 15 is 0 Å². The Hall–Kier alpha value is -1.30. The number of ether oxygens (including phenoxy) is 1. The van der Waals surface area contributed by atoms with Gasteiger partial charge in [-0.3, -0.25) is 4.79 Å². The molecule has 20 heavy (non-hydrogen) atoms. The zero-order chi connectivity index (χ0) is 14.8. The maximum Gasteiger partial charge on any atom is 0.317 e. The number of carboxylic acids is 1. The number of carbonyl (C=O) groups is 2. The van der Waals surface area contributed by atoms with E-state index in [1.807, 2.05) is 4.90 Å². The largest absolute Gasteiger partial charge is 0.481 e. The van der Waals surface area contributed by atoms with Crippen LogP contribution in [0.3, 0.4) is 0 Å². The number of rotatable bonds is 8. The Kier molecular flexibility index (Phi) is 8.02. The van der Waals surface area contributed by atoms with Crippen molar-refractivity contribution in [2.75, 3.05) is 26.7 Å². The van der Waals surface area contributed by atoms with Crippen molar-refractivity contribution in [2.45, 2.75) is 51.0 Å². The van der Waals surface area contributed by atoms with E-state index in [2.05, 4.69) is 5.32 Å². The van der Waals surface area contributed by atoms with Crippen LogP contribution in [0.4, 0.5) is 4.79 Å². The molecular weight excluding hydrogens is 260 g/mol. The fourth-order valence-electron chi connectivity index (χ4n) is 2.36. The van der Waals surface area contributed by atoms with Crippen LogP contribution in [0.15, 0.2) is 0 Å². The van der Waals surface area contributed by atoms with Gasteiger partial charge in [0.15, 0.2) is 0 Å². The van der Waals surface area contributed by atoms with E-state index in [0.29, 0.717) is 13.0 Å². The van der Waals surface area contributed by atoms with E-state index in [1.165, 1.54) is 0 Å². The van der Waals surface area contributed by atoms with E-state index in [4.69, 9.17) is 9.84 Å². The summed E-state index contributed by atoms with van der Waals surface area (Å²) in [5.41, 5.74) is 0. The summed E-state index contributed by atoms with van der Waals surface area (Å²) in [6.45, 7) is 2.17. The highest BCUT2D eigenvalue weighted by molar-refractivity contribution is 5.74. The van der Waals surface area contributed by atoms with Gasteiger partial charge in [0.25, 0.3) is 0 Å². The van der Waals surface area contributed by atoms with Crippen LogP contribution in [0.1, 0.15) is 44.9 Å². The smallest absolute Gasteiger partial charge is 0.317 e. The van der Waals surface area contributed by atoms with Crippen LogP contribution in [0, 0.1) is 0 Å². The Bertz CT molecular complexity index is 302. The van der Waals surface area contributed by atoms with Crippen molar-refractivity contribution in [2.24, 2.45) is 0 Å². The Morgan fingerprint density at radius 2 is 1.85 bits per heavy atom. The molecule has 2 N–H and O–H groups in total. The van der Waals surface area contributed by atoms with Gasteiger partial charge in [0.2, 0.25) is 0 Å². The minimum atomic E-state index is -0.738. The molecule has 0 atom stereocenters. The SMILES string of the molecule is COC1CCN(C(=O)NCCCCCCC(=O)O)CC1. The summed E-state index contributed by atoms with van der Waals surface area (Å²) in [6, 6.07) is 0.00471. The number of carbonyl (C=O) groups excluding carboxylic acids is 1. The van der Waals surface area contributed by atoms with Crippen LogP contribution >= 0.6 is 0 Å². The minimum Gasteiger partial charge on any atom is -0.481 e. The van der Waals surface area contributed by atoms with Gasteiger partial charge >= 0.3 is 12.0 Å². The number of nitrogens with one attached hydrogen (secondary N) is 1. The zero-order valence-electron chi connectivity index (χ0n) is 12.3. The van der Waals surface area contributed by atoms with Crippen LogP contribution < -0.4 is 5.32 Å². The van der Waals surface area contributed by atoms with E-state index < -0.39 is 5.97 Å². The molecule has 0 aromatic rings. The molecule has 6 nitrogen and oxygen atoms in total. The molecule has 1 heterocycles. The summed E-state index contributed by atoms with van der Waals surface area (Å²) >= 11 is 0. The predicted octanol–water partition coefficient (Wildman–Crippen LogP) is 1.84. The average molecular weight is 286 g/mol. The second-order valence-corrected chi connectivity index (χ2v) is 5.21. The summed E-state index contributed by atoms with van der Waals surface area (Å²) in [4.78, 5) is 24.0. The number of piperidine rings is 1. The van der Waals surface area contributed by atoms with Crippen molar-refractivity contribution in [3.63, 3.8) is 0 Å². The van der Waals surface area contributed by atoms with Gasteiger partial charge in [-0.2, -0.15) is 0 Å². The Labute approximate surface area is 120 Å². The number of amides is 2. The third-order valence-corrected chi connectivity index (χ3v) is 3.66. The lowest BCUT2D eigenvalue weighted by Gasteiger charge is -2.31. The summed E-state index contributed by atoms with van der Waals surface area (Å²) < 4.78 is 5.27. The molecule has 0 radical (unpaired) electrons. The summed E-state index contributed by atoms with van der Waals surface area (Å²) in [5.74, 6) is -0.738. The lowest BCUT2D eigenvalue weighted by atomic mass is 10.1. The van der Waals surface area contributed by atoms with Crippen molar-refractivity contribution in [1.82, 2.24) is 10.2 Å². The highest BCUT2D eigenvalue weighted by Gasteiger charge is 2.21. The first-order valence-electron chi connectivity index (χ1n) is 7.41. The first-order valence-corrected chi connectivity index (χ1v) is 7.41. The third-order valence-electron chi connectivity index (χ3n) is 3.66. The van der Waals surface area contributed by atoms with Crippen molar-refractivity contribution in [3.05, 3.63) is 0 Å². The van der Waals surface area contributed by atoms with Crippen molar-refractivity contribution in [3.8, 4) is 0 Å². The number of urea groups is 1. The molecule has 0 bridgehead atoms. The first-order chi connectivity index (χ1) is 9.63. The molecule has 1 fully saturated rings. The number of nitrogens with zero attached hydrogens (tertiary/aromatic N) is 1. The molecule has 116 valence electrons. The molecule has 0 unspecified atom stereocenters. The number of methoxy groups -OCH3 is 1. The fraction of sp³-hybridized carbons (Fsp3) is 0.857. The summed E-state index contributed by atoms with van der Waals surface area (Å²) in [6.07, 6.45) is 5.81. The van der Waals surface area contributed by atoms with Gasteiger partial charge in [0.05, 0.1) is 6.10 Å².